The lowest BCUT2D eigenvalue weighted by molar-refractivity contribution is 0.264. The van der Waals surface area contributed by atoms with Crippen molar-refractivity contribution in [2.24, 2.45) is 0 Å². The van der Waals surface area contributed by atoms with E-state index in [4.69, 9.17) is 5.11 Å². The maximum absolute atomic E-state index is 9.14. The number of unbranched alkanes of at least 4 members (excludes halogenated alkanes) is 3. The monoisotopic (exact) mass is 225 g/mol. The molecule has 0 aliphatic rings. The Bertz CT molecular complexity index is 296. The molecular formula is C12H23N3O. The molecule has 16 heavy (non-hydrogen) atoms. The Hall–Kier alpha value is -0.900. The summed E-state index contributed by atoms with van der Waals surface area (Å²) in [4.78, 5) is 0. The van der Waals surface area contributed by atoms with E-state index in [2.05, 4.69) is 28.6 Å². The van der Waals surface area contributed by atoms with E-state index in [0.717, 1.165) is 25.2 Å². The van der Waals surface area contributed by atoms with E-state index in [-0.39, 0.29) is 6.61 Å². The molecule has 4 heteroatoms. The quantitative estimate of drug-likeness (QED) is 0.691. The number of aromatic nitrogens is 3. The molecule has 0 atom stereocenters. The van der Waals surface area contributed by atoms with Gasteiger partial charge in [0.15, 0.2) is 5.82 Å². The third-order valence-corrected chi connectivity index (χ3v) is 2.75. The summed E-state index contributed by atoms with van der Waals surface area (Å²) < 4.78 is 2.06. The smallest absolute Gasteiger partial charge is 0.158 e. The van der Waals surface area contributed by atoms with Gasteiger partial charge in [-0.05, 0) is 12.8 Å². The first-order valence-electron chi connectivity index (χ1n) is 6.35. The van der Waals surface area contributed by atoms with Crippen molar-refractivity contribution < 1.29 is 5.11 Å². The largest absolute Gasteiger partial charge is 0.388 e. The number of rotatable bonds is 8. The highest BCUT2D eigenvalue weighted by molar-refractivity contribution is 4.95. The fraction of sp³-hybridized carbons (Fsp3) is 0.833. The van der Waals surface area contributed by atoms with E-state index in [1.807, 2.05) is 0 Å². The molecule has 92 valence electrons. The molecule has 4 nitrogen and oxygen atoms in total. The second kappa shape index (κ2) is 7.39. The first-order valence-corrected chi connectivity index (χ1v) is 6.35. The molecule has 0 aromatic carbocycles. The van der Waals surface area contributed by atoms with Gasteiger partial charge in [-0.25, -0.2) is 0 Å². The first kappa shape index (κ1) is 13.2. The molecule has 1 heterocycles. The average molecular weight is 225 g/mol. The molecule has 0 aliphatic heterocycles. The molecule has 0 fully saturated rings. The van der Waals surface area contributed by atoms with E-state index in [0.29, 0.717) is 5.82 Å². The molecule has 0 bridgehead atoms. The molecule has 1 N–H and O–H groups in total. The Labute approximate surface area is 97.7 Å². The summed E-state index contributed by atoms with van der Waals surface area (Å²) in [6.45, 7) is 5.24. The second-order valence-corrected chi connectivity index (χ2v) is 4.15. The van der Waals surface area contributed by atoms with Gasteiger partial charge in [0, 0.05) is 13.0 Å². The van der Waals surface area contributed by atoms with Crippen LogP contribution in [0.3, 0.4) is 0 Å². The van der Waals surface area contributed by atoms with Crippen LogP contribution in [0.25, 0.3) is 0 Å². The van der Waals surface area contributed by atoms with E-state index in [1.54, 1.807) is 0 Å². The number of hydrogen-bond acceptors (Lipinski definition) is 3. The summed E-state index contributed by atoms with van der Waals surface area (Å²) in [7, 11) is 0. The highest BCUT2D eigenvalue weighted by Crippen LogP contribution is 2.09. The van der Waals surface area contributed by atoms with Gasteiger partial charge in [0.05, 0.1) is 0 Å². The number of nitrogens with zero attached hydrogens (tertiary/aromatic N) is 3. The Morgan fingerprint density at radius 3 is 2.38 bits per heavy atom. The summed E-state index contributed by atoms with van der Waals surface area (Å²) in [5, 5.41) is 17.3. The van der Waals surface area contributed by atoms with Gasteiger partial charge in [-0.3, -0.25) is 0 Å². The van der Waals surface area contributed by atoms with Gasteiger partial charge in [0.25, 0.3) is 0 Å². The van der Waals surface area contributed by atoms with E-state index >= 15 is 0 Å². The summed E-state index contributed by atoms with van der Waals surface area (Å²) >= 11 is 0. The standard InChI is InChI=1S/C12H23N3O/c1-3-5-6-7-8-11-13-14-12(10-16)15(11)9-4-2/h16H,3-10H2,1-2H3. The van der Waals surface area contributed by atoms with Gasteiger partial charge >= 0.3 is 0 Å². The SMILES string of the molecule is CCCCCCc1nnc(CO)n1CCC. The van der Waals surface area contributed by atoms with Crippen molar-refractivity contribution in [3.05, 3.63) is 11.6 Å². The molecule has 0 amide bonds. The molecule has 0 saturated carbocycles. The van der Waals surface area contributed by atoms with Crippen molar-refractivity contribution in [1.29, 1.82) is 0 Å². The normalized spacial score (nSPS) is 10.9. The van der Waals surface area contributed by atoms with Crippen molar-refractivity contribution in [2.45, 2.75) is 65.5 Å². The zero-order valence-electron chi connectivity index (χ0n) is 10.4. The first-order chi connectivity index (χ1) is 7.83. The molecule has 0 spiro atoms. The summed E-state index contributed by atoms with van der Waals surface area (Å²) in [6, 6.07) is 0. The number of aliphatic hydroxyl groups is 1. The van der Waals surface area contributed by atoms with E-state index < -0.39 is 0 Å². The van der Waals surface area contributed by atoms with Gasteiger partial charge in [-0.2, -0.15) is 0 Å². The predicted octanol–water partition coefficient (Wildman–Crippen LogP) is 2.30. The van der Waals surface area contributed by atoms with Crippen molar-refractivity contribution in [3.8, 4) is 0 Å². The fourth-order valence-corrected chi connectivity index (χ4v) is 1.87. The zero-order chi connectivity index (χ0) is 11.8. The van der Waals surface area contributed by atoms with Crippen LogP contribution in [-0.4, -0.2) is 19.9 Å². The fourth-order valence-electron chi connectivity index (χ4n) is 1.87. The second-order valence-electron chi connectivity index (χ2n) is 4.15. The van der Waals surface area contributed by atoms with Crippen molar-refractivity contribution in [1.82, 2.24) is 14.8 Å². The number of hydrogen-bond donors (Lipinski definition) is 1. The molecule has 1 aromatic heterocycles. The minimum Gasteiger partial charge on any atom is -0.388 e. The van der Waals surface area contributed by atoms with Gasteiger partial charge in [0.1, 0.15) is 12.4 Å². The molecule has 0 aliphatic carbocycles. The summed E-state index contributed by atoms with van der Waals surface area (Å²) in [5.74, 6) is 1.73. The highest BCUT2D eigenvalue weighted by atomic mass is 16.3. The van der Waals surface area contributed by atoms with Crippen LogP contribution >= 0.6 is 0 Å². The third kappa shape index (κ3) is 3.59. The Morgan fingerprint density at radius 2 is 1.75 bits per heavy atom. The van der Waals surface area contributed by atoms with E-state index in [9.17, 15) is 0 Å². The molecular weight excluding hydrogens is 202 g/mol. The van der Waals surface area contributed by atoms with Crippen LogP contribution in [0.15, 0.2) is 0 Å². The van der Waals surface area contributed by atoms with Crippen LogP contribution in [0.4, 0.5) is 0 Å². The Morgan fingerprint density at radius 1 is 1.00 bits per heavy atom. The lowest BCUT2D eigenvalue weighted by Crippen LogP contribution is -2.07. The topological polar surface area (TPSA) is 50.9 Å². The molecule has 0 saturated heterocycles. The molecule has 1 rings (SSSR count). The van der Waals surface area contributed by atoms with Crippen molar-refractivity contribution >= 4 is 0 Å². The highest BCUT2D eigenvalue weighted by Gasteiger charge is 2.09. The Balaban J connectivity index is 2.53. The molecule has 0 unspecified atom stereocenters. The molecule has 0 radical (unpaired) electrons. The van der Waals surface area contributed by atoms with Crippen LogP contribution < -0.4 is 0 Å². The van der Waals surface area contributed by atoms with Gasteiger partial charge < -0.3 is 9.67 Å². The van der Waals surface area contributed by atoms with Crippen LogP contribution in [-0.2, 0) is 19.6 Å². The van der Waals surface area contributed by atoms with Crippen LogP contribution in [0.2, 0.25) is 0 Å². The van der Waals surface area contributed by atoms with Crippen LogP contribution in [0.1, 0.15) is 57.6 Å². The summed E-state index contributed by atoms with van der Waals surface area (Å²) in [6.07, 6.45) is 6.99. The minimum absolute atomic E-state index is 0.0119. The van der Waals surface area contributed by atoms with Gasteiger partial charge in [-0.15, -0.1) is 10.2 Å². The lowest BCUT2D eigenvalue weighted by atomic mass is 10.1. The summed E-state index contributed by atoms with van der Waals surface area (Å²) in [5.41, 5.74) is 0. The number of aryl methyl sites for hydroxylation is 1. The maximum atomic E-state index is 9.14. The maximum Gasteiger partial charge on any atom is 0.158 e. The van der Waals surface area contributed by atoms with Gasteiger partial charge in [-0.1, -0.05) is 33.1 Å². The predicted molar refractivity (Wildman–Crippen MR) is 64.1 cm³/mol. The molecule has 1 aromatic rings. The lowest BCUT2D eigenvalue weighted by Gasteiger charge is -2.07. The van der Waals surface area contributed by atoms with E-state index in [1.165, 1.54) is 25.7 Å². The van der Waals surface area contributed by atoms with Crippen LogP contribution in [0, 0.1) is 0 Å². The third-order valence-electron chi connectivity index (χ3n) is 2.75. The number of aliphatic hydroxyl groups excluding tert-OH is 1. The van der Waals surface area contributed by atoms with Crippen molar-refractivity contribution in [2.75, 3.05) is 0 Å². The minimum atomic E-state index is -0.0119. The van der Waals surface area contributed by atoms with Gasteiger partial charge in [0.2, 0.25) is 0 Å². The van der Waals surface area contributed by atoms with Crippen LogP contribution in [0.5, 0.6) is 0 Å². The zero-order valence-corrected chi connectivity index (χ0v) is 10.4. The van der Waals surface area contributed by atoms with Crippen molar-refractivity contribution in [3.63, 3.8) is 0 Å². The average Bonchev–Trinajstić information content (AvgIpc) is 2.68. The Kier molecular flexibility index (Phi) is 6.08.